The molecule has 0 radical (unpaired) electrons. The van der Waals surface area contributed by atoms with Crippen LogP contribution in [0.25, 0.3) is 11.1 Å². The Morgan fingerprint density at radius 2 is 1.80 bits per heavy atom. The number of halogens is 2. The Balaban J connectivity index is 2.64. The van der Waals surface area contributed by atoms with Crippen molar-refractivity contribution in [3.8, 4) is 11.1 Å². The van der Waals surface area contributed by atoms with Crippen LogP contribution in [0.4, 0.5) is 8.78 Å². The van der Waals surface area contributed by atoms with E-state index in [9.17, 15) is 13.6 Å². The van der Waals surface area contributed by atoms with Crippen LogP contribution in [0.1, 0.15) is 36.7 Å². The number of benzene rings is 1. The van der Waals surface area contributed by atoms with E-state index in [0.29, 0.717) is 17.4 Å². The number of pyridine rings is 1. The second-order valence-corrected chi connectivity index (χ2v) is 5.68. The lowest BCUT2D eigenvalue weighted by molar-refractivity contribution is 0.112. The van der Waals surface area contributed by atoms with E-state index in [0.717, 1.165) is 11.6 Å². The summed E-state index contributed by atoms with van der Waals surface area (Å²) in [7, 11) is 0. The number of rotatable bonds is 2. The highest BCUT2D eigenvalue weighted by atomic mass is 19.1. The lowest BCUT2D eigenvalue weighted by atomic mass is 9.84. The maximum Gasteiger partial charge on any atom is 0.223 e. The number of carbonyl (C=O) groups is 1. The minimum absolute atomic E-state index is 0.181. The minimum atomic E-state index is -0.882. The first kappa shape index (κ1) is 14.3. The largest absolute Gasteiger partial charge is 0.298 e. The first-order valence-electron chi connectivity index (χ1n) is 6.24. The summed E-state index contributed by atoms with van der Waals surface area (Å²) in [5.41, 5.74) is 1.87. The molecule has 0 aliphatic heterocycles. The Labute approximate surface area is 116 Å². The molecule has 0 atom stereocenters. The average molecular weight is 275 g/mol. The van der Waals surface area contributed by atoms with Crippen LogP contribution in [-0.4, -0.2) is 11.3 Å². The second kappa shape index (κ2) is 5.12. The molecule has 0 bridgehead atoms. The van der Waals surface area contributed by atoms with Gasteiger partial charge in [0, 0.05) is 11.1 Å². The normalized spacial score (nSPS) is 11.4. The van der Waals surface area contributed by atoms with Gasteiger partial charge in [0.15, 0.2) is 0 Å². The van der Waals surface area contributed by atoms with Crippen molar-refractivity contribution in [1.29, 1.82) is 0 Å². The molecule has 0 aliphatic carbocycles. The molecule has 1 aromatic heterocycles. The standard InChI is InChI=1S/C16H15F2NO/c1-16(2,3)12-7-10(9-20)6-11(8-12)13-4-5-14(17)19-15(13)18/h4-9H,1-3H3. The third kappa shape index (κ3) is 2.90. The van der Waals surface area contributed by atoms with Crippen molar-refractivity contribution in [2.24, 2.45) is 0 Å². The monoisotopic (exact) mass is 275 g/mol. The number of hydrogen-bond acceptors (Lipinski definition) is 2. The molecule has 104 valence electrons. The molecule has 2 nitrogen and oxygen atoms in total. The predicted octanol–water partition coefficient (Wildman–Crippen LogP) is 4.14. The highest BCUT2D eigenvalue weighted by Gasteiger charge is 2.17. The van der Waals surface area contributed by atoms with E-state index in [-0.39, 0.29) is 11.0 Å². The molecule has 0 N–H and O–H groups in total. The van der Waals surface area contributed by atoms with Gasteiger partial charge in [0.1, 0.15) is 6.29 Å². The first-order valence-corrected chi connectivity index (χ1v) is 6.24. The summed E-state index contributed by atoms with van der Waals surface area (Å²) in [5.74, 6) is -1.75. The van der Waals surface area contributed by atoms with Gasteiger partial charge in [-0.25, -0.2) is 0 Å². The summed E-state index contributed by atoms with van der Waals surface area (Å²) >= 11 is 0. The SMILES string of the molecule is CC(C)(C)c1cc(C=O)cc(-c2ccc(F)nc2F)c1. The molecule has 2 rings (SSSR count). The second-order valence-electron chi connectivity index (χ2n) is 5.68. The molecular formula is C16H15F2NO. The number of carbonyl (C=O) groups excluding carboxylic acids is 1. The van der Waals surface area contributed by atoms with Crippen LogP contribution < -0.4 is 0 Å². The molecule has 0 spiro atoms. The van der Waals surface area contributed by atoms with Crippen molar-refractivity contribution in [2.75, 3.05) is 0 Å². The number of aldehydes is 1. The van der Waals surface area contributed by atoms with Gasteiger partial charge >= 0.3 is 0 Å². The van der Waals surface area contributed by atoms with Gasteiger partial charge in [-0.1, -0.05) is 26.8 Å². The van der Waals surface area contributed by atoms with Crippen LogP contribution in [0.5, 0.6) is 0 Å². The van der Waals surface area contributed by atoms with Crippen LogP contribution in [0, 0.1) is 11.9 Å². The van der Waals surface area contributed by atoms with Crippen molar-refractivity contribution in [3.05, 3.63) is 53.4 Å². The van der Waals surface area contributed by atoms with E-state index in [1.807, 2.05) is 20.8 Å². The van der Waals surface area contributed by atoms with E-state index in [4.69, 9.17) is 0 Å². The van der Waals surface area contributed by atoms with E-state index >= 15 is 0 Å². The molecule has 0 saturated carbocycles. The zero-order valence-corrected chi connectivity index (χ0v) is 11.6. The highest BCUT2D eigenvalue weighted by Crippen LogP contribution is 2.29. The number of hydrogen-bond donors (Lipinski definition) is 0. The Morgan fingerprint density at radius 1 is 1.10 bits per heavy atom. The van der Waals surface area contributed by atoms with Crippen molar-refractivity contribution in [1.82, 2.24) is 4.98 Å². The molecule has 0 aliphatic rings. The summed E-state index contributed by atoms with van der Waals surface area (Å²) in [4.78, 5) is 14.2. The minimum Gasteiger partial charge on any atom is -0.298 e. The maximum atomic E-state index is 13.8. The van der Waals surface area contributed by atoms with E-state index in [1.54, 1.807) is 18.2 Å². The fraction of sp³-hybridized carbons (Fsp3) is 0.250. The lowest BCUT2D eigenvalue weighted by Gasteiger charge is -2.20. The maximum absolute atomic E-state index is 13.8. The summed E-state index contributed by atoms with van der Waals surface area (Å²) in [6.07, 6.45) is 0.716. The number of nitrogens with zero attached hydrogens (tertiary/aromatic N) is 1. The molecular weight excluding hydrogens is 260 g/mol. The van der Waals surface area contributed by atoms with Crippen molar-refractivity contribution < 1.29 is 13.6 Å². The van der Waals surface area contributed by atoms with Gasteiger partial charge < -0.3 is 0 Å². The lowest BCUT2D eigenvalue weighted by Crippen LogP contribution is -2.11. The van der Waals surface area contributed by atoms with Gasteiger partial charge in [0.2, 0.25) is 11.9 Å². The van der Waals surface area contributed by atoms with Crippen LogP contribution in [0.15, 0.2) is 30.3 Å². The molecule has 4 heteroatoms. The summed E-state index contributed by atoms with van der Waals surface area (Å²) in [6.45, 7) is 6.00. The Bertz CT molecular complexity index is 660. The molecule has 0 amide bonds. The van der Waals surface area contributed by atoms with Gasteiger partial charge in [-0.3, -0.25) is 4.79 Å². The zero-order valence-electron chi connectivity index (χ0n) is 11.6. The predicted molar refractivity (Wildman–Crippen MR) is 73.7 cm³/mol. The molecule has 1 heterocycles. The van der Waals surface area contributed by atoms with Crippen LogP contribution in [0.3, 0.4) is 0 Å². The van der Waals surface area contributed by atoms with Gasteiger partial charge in [0.25, 0.3) is 0 Å². The van der Waals surface area contributed by atoms with E-state index < -0.39 is 11.9 Å². The summed E-state index contributed by atoms with van der Waals surface area (Å²) < 4.78 is 26.6. The third-order valence-electron chi connectivity index (χ3n) is 3.08. The van der Waals surface area contributed by atoms with Gasteiger partial charge in [0.05, 0.1) is 0 Å². The zero-order chi connectivity index (χ0) is 14.9. The average Bonchev–Trinajstić information content (AvgIpc) is 2.37. The van der Waals surface area contributed by atoms with Crippen molar-refractivity contribution in [2.45, 2.75) is 26.2 Å². The van der Waals surface area contributed by atoms with Crippen molar-refractivity contribution in [3.63, 3.8) is 0 Å². The molecule has 20 heavy (non-hydrogen) atoms. The van der Waals surface area contributed by atoms with Crippen molar-refractivity contribution >= 4 is 6.29 Å². The quantitative estimate of drug-likeness (QED) is 0.609. The van der Waals surface area contributed by atoms with Gasteiger partial charge in [-0.2, -0.15) is 13.8 Å². The molecule has 0 fully saturated rings. The Hall–Kier alpha value is -2.10. The van der Waals surface area contributed by atoms with Gasteiger partial charge in [-0.15, -0.1) is 0 Å². The fourth-order valence-electron chi connectivity index (χ4n) is 1.94. The molecule has 0 saturated heterocycles. The third-order valence-corrected chi connectivity index (χ3v) is 3.08. The molecule has 1 aromatic carbocycles. The topological polar surface area (TPSA) is 30.0 Å². The fourth-order valence-corrected chi connectivity index (χ4v) is 1.94. The highest BCUT2D eigenvalue weighted by molar-refractivity contribution is 5.79. The Kier molecular flexibility index (Phi) is 3.66. The Morgan fingerprint density at radius 3 is 2.35 bits per heavy atom. The van der Waals surface area contributed by atoms with Crippen LogP contribution in [0.2, 0.25) is 0 Å². The van der Waals surface area contributed by atoms with E-state index in [2.05, 4.69) is 4.98 Å². The smallest absolute Gasteiger partial charge is 0.223 e. The van der Waals surface area contributed by atoms with E-state index in [1.165, 1.54) is 6.07 Å². The van der Waals surface area contributed by atoms with Crippen LogP contribution >= 0.6 is 0 Å². The summed E-state index contributed by atoms with van der Waals surface area (Å²) in [6, 6.07) is 7.56. The van der Waals surface area contributed by atoms with Gasteiger partial charge in [-0.05, 0) is 40.8 Å². The van der Waals surface area contributed by atoms with Crippen LogP contribution in [-0.2, 0) is 5.41 Å². The molecule has 2 aromatic rings. The first-order chi connectivity index (χ1) is 9.31. The summed E-state index contributed by atoms with van der Waals surface area (Å²) in [5, 5.41) is 0. The molecule has 0 unspecified atom stereocenters. The number of aromatic nitrogens is 1.